The van der Waals surface area contributed by atoms with Crippen LogP contribution in [0.25, 0.3) is 0 Å². The molecule has 0 fully saturated rings. The van der Waals surface area contributed by atoms with Gasteiger partial charge in [0.2, 0.25) is 5.91 Å². The van der Waals surface area contributed by atoms with Crippen molar-refractivity contribution < 1.29 is 22.9 Å². The second-order valence-electron chi connectivity index (χ2n) is 12.5. The third-order valence-electron chi connectivity index (χ3n) is 8.04. The van der Waals surface area contributed by atoms with Gasteiger partial charge in [-0.3, -0.25) is 9.35 Å². The molecule has 0 aliphatic heterocycles. The summed E-state index contributed by atoms with van der Waals surface area (Å²) in [5.74, 6) is -1.01. The molecule has 7 heteroatoms. The van der Waals surface area contributed by atoms with Crippen LogP contribution in [-0.2, 0) is 14.9 Å². The predicted molar refractivity (Wildman–Crippen MR) is 189 cm³/mol. The van der Waals surface area contributed by atoms with Crippen molar-refractivity contribution >= 4 is 16.0 Å². The summed E-state index contributed by atoms with van der Waals surface area (Å²) in [6.07, 6.45) is 39.8. The highest BCUT2D eigenvalue weighted by Crippen LogP contribution is 2.12. The van der Waals surface area contributed by atoms with Crippen molar-refractivity contribution in [1.29, 1.82) is 0 Å². The number of unbranched alkanes of at least 4 members (excludes halogenated alkanes) is 20. The van der Waals surface area contributed by atoms with Gasteiger partial charge < -0.3 is 10.4 Å². The molecule has 258 valence electrons. The Bertz CT molecular complexity index is 837. The van der Waals surface area contributed by atoms with Gasteiger partial charge in [0, 0.05) is 6.42 Å². The molecule has 0 bridgehead atoms. The molecule has 0 aliphatic rings. The molecule has 0 radical (unpaired) electrons. The van der Waals surface area contributed by atoms with Crippen molar-refractivity contribution in [3.8, 4) is 0 Å². The summed E-state index contributed by atoms with van der Waals surface area (Å²) < 4.78 is 32.3. The second kappa shape index (κ2) is 31.5. The van der Waals surface area contributed by atoms with Crippen LogP contribution in [-0.4, -0.2) is 41.9 Å². The van der Waals surface area contributed by atoms with E-state index in [1.165, 1.54) is 102 Å². The van der Waals surface area contributed by atoms with Crippen LogP contribution in [0.1, 0.15) is 174 Å². The van der Waals surface area contributed by atoms with E-state index in [0.29, 0.717) is 6.42 Å². The predicted octanol–water partition coefficient (Wildman–Crippen LogP) is 10.2. The topological polar surface area (TPSA) is 104 Å². The zero-order valence-corrected chi connectivity index (χ0v) is 29.3. The van der Waals surface area contributed by atoms with E-state index in [0.717, 1.165) is 51.4 Å². The Morgan fingerprint density at radius 3 is 1.43 bits per heavy atom. The van der Waals surface area contributed by atoms with Gasteiger partial charge >= 0.3 is 0 Å². The molecule has 1 amide bonds. The second-order valence-corrected chi connectivity index (χ2v) is 14.0. The van der Waals surface area contributed by atoms with E-state index in [2.05, 4.69) is 43.5 Å². The molecule has 3 N–H and O–H groups in total. The number of carbonyl (C=O) groups is 1. The summed E-state index contributed by atoms with van der Waals surface area (Å²) >= 11 is 0. The fourth-order valence-corrected chi connectivity index (χ4v) is 6.02. The molecule has 0 aromatic rings. The molecule has 0 saturated heterocycles. The minimum atomic E-state index is -4.35. The first-order valence-corrected chi connectivity index (χ1v) is 19.8. The SMILES string of the molecule is CCCCCCCCC/C=C\CCCCCCCC(=O)NC(CS(=O)(=O)O)C(O)/C=C/CC/C=C/CCCCCCCCC. The van der Waals surface area contributed by atoms with Crippen molar-refractivity contribution in [1.82, 2.24) is 5.32 Å². The molecule has 0 heterocycles. The molecular formula is C37H69NO5S. The summed E-state index contributed by atoms with van der Waals surface area (Å²) in [5, 5.41) is 13.1. The Kier molecular flexibility index (Phi) is 30.5. The number of hydrogen-bond acceptors (Lipinski definition) is 4. The van der Waals surface area contributed by atoms with E-state index >= 15 is 0 Å². The Labute approximate surface area is 272 Å². The Morgan fingerprint density at radius 2 is 0.977 bits per heavy atom. The molecule has 0 rings (SSSR count). The molecular weight excluding hydrogens is 570 g/mol. The van der Waals surface area contributed by atoms with Gasteiger partial charge in [-0.15, -0.1) is 0 Å². The minimum Gasteiger partial charge on any atom is -0.387 e. The molecule has 0 aliphatic carbocycles. The average molecular weight is 640 g/mol. The minimum absolute atomic E-state index is 0.278. The van der Waals surface area contributed by atoms with E-state index in [9.17, 15) is 22.9 Å². The molecule has 0 aromatic heterocycles. The quantitative estimate of drug-likeness (QED) is 0.0386. The van der Waals surface area contributed by atoms with Crippen LogP contribution in [0.4, 0.5) is 0 Å². The van der Waals surface area contributed by atoms with Crippen molar-refractivity contribution in [3.05, 3.63) is 36.5 Å². The van der Waals surface area contributed by atoms with E-state index in [4.69, 9.17) is 0 Å². The molecule has 6 nitrogen and oxygen atoms in total. The molecule has 0 aromatic carbocycles. The van der Waals surface area contributed by atoms with Gasteiger partial charge in [0.1, 0.15) is 0 Å². The molecule has 0 saturated carbocycles. The number of aliphatic hydroxyl groups is 1. The lowest BCUT2D eigenvalue weighted by molar-refractivity contribution is -0.122. The maximum absolute atomic E-state index is 12.4. The van der Waals surface area contributed by atoms with Crippen LogP contribution in [0.15, 0.2) is 36.5 Å². The first-order chi connectivity index (χ1) is 21.3. The van der Waals surface area contributed by atoms with Crippen LogP contribution in [0.3, 0.4) is 0 Å². The van der Waals surface area contributed by atoms with Gasteiger partial charge in [0.15, 0.2) is 0 Å². The van der Waals surface area contributed by atoms with Crippen molar-refractivity contribution in [2.45, 2.75) is 187 Å². The fourth-order valence-electron chi connectivity index (χ4n) is 5.28. The van der Waals surface area contributed by atoms with Crippen LogP contribution < -0.4 is 5.32 Å². The van der Waals surface area contributed by atoms with Gasteiger partial charge in [0.05, 0.1) is 17.9 Å². The highest BCUT2D eigenvalue weighted by Gasteiger charge is 2.24. The van der Waals surface area contributed by atoms with Crippen LogP contribution >= 0.6 is 0 Å². The van der Waals surface area contributed by atoms with Gasteiger partial charge in [0.25, 0.3) is 10.1 Å². The Morgan fingerprint density at radius 1 is 0.591 bits per heavy atom. The monoisotopic (exact) mass is 639 g/mol. The maximum Gasteiger partial charge on any atom is 0.267 e. The van der Waals surface area contributed by atoms with Gasteiger partial charge in [-0.05, 0) is 57.8 Å². The van der Waals surface area contributed by atoms with Gasteiger partial charge in [-0.2, -0.15) is 8.42 Å². The smallest absolute Gasteiger partial charge is 0.267 e. The number of hydrogen-bond donors (Lipinski definition) is 3. The average Bonchev–Trinajstić information content (AvgIpc) is 2.98. The highest BCUT2D eigenvalue weighted by molar-refractivity contribution is 7.85. The van der Waals surface area contributed by atoms with E-state index in [1.54, 1.807) is 6.08 Å². The third-order valence-corrected chi connectivity index (χ3v) is 8.82. The zero-order chi connectivity index (χ0) is 32.6. The van der Waals surface area contributed by atoms with Crippen molar-refractivity contribution in [2.75, 3.05) is 5.75 Å². The number of carbonyl (C=O) groups excluding carboxylic acids is 1. The van der Waals surface area contributed by atoms with Crippen molar-refractivity contribution in [2.24, 2.45) is 0 Å². The summed E-state index contributed by atoms with van der Waals surface area (Å²) in [4.78, 5) is 12.4. The van der Waals surface area contributed by atoms with Gasteiger partial charge in [-0.1, -0.05) is 147 Å². The lowest BCUT2D eigenvalue weighted by Crippen LogP contribution is -2.46. The Hall–Kier alpha value is -1.44. The van der Waals surface area contributed by atoms with Crippen LogP contribution in [0.2, 0.25) is 0 Å². The number of amides is 1. The van der Waals surface area contributed by atoms with E-state index in [-0.39, 0.29) is 12.3 Å². The highest BCUT2D eigenvalue weighted by atomic mass is 32.2. The first kappa shape index (κ1) is 42.6. The fraction of sp³-hybridized carbons (Fsp3) is 0.811. The summed E-state index contributed by atoms with van der Waals surface area (Å²) in [6.45, 7) is 4.49. The zero-order valence-electron chi connectivity index (χ0n) is 28.5. The lowest BCUT2D eigenvalue weighted by atomic mass is 10.1. The van der Waals surface area contributed by atoms with Gasteiger partial charge in [-0.25, -0.2) is 0 Å². The molecule has 2 unspecified atom stereocenters. The summed E-state index contributed by atoms with van der Waals surface area (Å²) in [5.41, 5.74) is 0. The number of nitrogens with one attached hydrogen (secondary N) is 1. The number of aliphatic hydroxyl groups excluding tert-OH is 1. The largest absolute Gasteiger partial charge is 0.387 e. The summed E-state index contributed by atoms with van der Waals surface area (Å²) in [6, 6.07) is -1.07. The lowest BCUT2D eigenvalue weighted by Gasteiger charge is -2.21. The third kappa shape index (κ3) is 32.0. The number of rotatable bonds is 32. The van der Waals surface area contributed by atoms with Crippen LogP contribution in [0, 0.1) is 0 Å². The van der Waals surface area contributed by atoms with Crippen molar-refractivity contribution in [3.63, 3.8) is 0 Å². The Balaban J connectivity index is 4.05. The molecule has 2 atom stereocenters. The number of allylic oxidation sites excluding steroid dienone is 5. The normalized spacial score (nSPS) is 13.8. The van der Waals surface area contributed by atoms with E-state index in [1.807, 2.05) is 0 Å². The molecule has 44 heavy (non-hydrogen) atoms. The van der Waals surface area contributed by atoms with E-state index < -0.39 is 28.0 Å². The first-order valence-electron chi connectivity index (χ1n) is 18.2. The maximum atomic E-state index is 12.4. The van der Waals surface area contributed by atoms with Crippen LogP contribution in [0.5, 0.6) is 0 Å². The molecule has 0 spiro atoms. The summed E-state index contributed by atoms with van der Waals surface area (Å²) in [7, 11) is -4.35. The standard InChI is InChI=1S/C37H69NO5S/c1-3-5-7-9-11-13-15-17-18-19-21-23-25-27-29-31-33-37(40)38-35(34-44(41,42)43)36(39)32-30-28-26-24-22-20-16-14-12-10-8-6-4-2/h18-19,22,24,30,32,35-36,39H,3-17,20-21,23,25-29,31,33-34H2,1-2H3,(H,38,40)(H,41,42,43)/b19-18-,24-22+,32-30+.